The summed E-state index contributed by atoms with van der Waals surface area (Å²) in [6.45, 7) is 4.60. The standard InChI is InChI=1S/C25H32N4O2S2/c30-22(26-13-7-11-20-9-3-1-4-10-20)19-33-25-27-21-12-18-32-23(21)24(31)29(25)17-8-16-28-14-5-2-6-15-28/h1,3-4,9-10,12,18H,2,5-8,11,13-17,19H2,(H,26,30). The summed E-state index contributed by atoms with van der Waals surface area (Å²) in [6.07, 6.45) is 6.62. The van der Waals surface area contributed by atoms with Crippen molar-refractivity contribution in [1.82, 2.24) is 19.8 Å². The fourth-order valence-corrected chi connectivity index (χ4v) is 5.85. The number of nitrogens with one attached hydrogen (secondary N) is 1. The van der Waals surface area contributed by atoms with Crippen LogP contribution in [0, 0.1) is 0 Å². The van der Waals surface area contributed by atoms with Gasteiger partial charge in [0.05, 0.1) is 11.3 Å². The number of benzene rings is 1. The maximum atomic E-state index is 13.1. The molecule has 33 heavy (non-hydrogen) atoms. The molecule has 0 bridgehead atoms. The highest BCUT2D eigenvalue weighted by atomic mass is 32.2. The molecule has 1 fully saturated rings. The second-order valence-corrected chi connectivity index (χ2v) is 10.3. The van der Waals surface area contributed by atoms with Crippen LogP contribution in [0.3, 0.4) is 0 Å². The summed E-state index contributed by atoms with van der Waals surface area (Å²) in [5, 5.41) is 5.55. The van der Waals surface area contributed by atoms with Crippen LogP contribution in [0.5, 0.6) is 0 Å². The summed E-state index contributed by atoms with van der Waals surface area (Å²) < 4.78 is 2.47. The van der Waals surface area contributed by atoms with E-state index in [0.29, 0.717) is 22.9 Å². The topological polar surface area (TPSA) is 67.2 Å². The van der Waals surface area contributed by atoms with Gasteiger partial charge in [-0.15, -0.1) is 11.3 Å². The van der Waals surface area contributed by atoms with Crippen LogP contribution in [0.4, 0.5) is 0 Å². The first-order chi connectivity index (χ1) is 16.2. The van der Waals surface area contributed by atoms with E-state index < -0.39 is 0 Å². The number of thiophene rings is 1. The summed E-state index contributed by atoms with van der Waals surface area (Å²) in [5.74, 6) is 0.243. The van der Waals surface area contributed by atoms with Gasteiger partial charge in [-0.3, -0.25) is 14.2 Å². The van der Waals surface area contributed by atoms with Crippen LogP contribution in [0.15, 0.2) is 51.7 Å². The molecule has 0 spiro atoms. The number of aryl methyl sites for hydroxylation is 1. The van der Waals surface area contributed by atoms with Gasteiger partial charge in [0.2, 0.25) is 5.91 Å². The molecular weight excluding hydrogens is 452 g/mol. The third-order valence-electron chi connectivity index (χ3n) is 5.98. The molecule has 0 unspecified atom stereocenters. The van der Waals surface area contributed by atoms with Gasteiger partial charge in [-0.2, -0.15) is 0 Å². The van der Waals surface area contributed by atoms with Gasteiger partial charge >= 0.3 is 0 Å². The van der Waals surface area contributed by atoms with Crippen LogP contribution in [0.25, 0.3) is 10.2 Å². The maximum absolute atomic E-state index is 13.1. The molecule has 1 aromatic carbocycles. The second kappa shape index (κ2) is 12.3. The Morgan fingerprint density at radius 2 is 1.88 bits per heavy atom. The number of thioether (sulfide) groups is 1. The molecule has 1 saturated heterocycles. The SMILES string of the molecule is O=C(CSc1nc2ccsc2c(=O)n1CCCN1CCCCC1)NCCCc1ccccc1. The van der Waals surface area contributed by atoms with Crippen molar-refractivity contribution in [3.63, 3.8) is 0 Å². The van der Waals surface area contributed by atoms with E-state index in [0.717, 1.165) is 44.4 Å². The van der Waals surface area contributed by atoms with Crippen molar-refractivity contribution < 1.29 is 4.79 Å². The average Bonchev–Trinajstić information content (AvgIpc) is 3.32. The normalized spacial score (nSPS) is 14.5. The predicted molar refractivity (Wildman–Crippen MR) is 137 cm³/mol. The van der Waals surface area contributed by atoms with Crippen molar-refractivity contribution in [2.24, 2.45) is 0 Å². The highest BCUT2D eigenvalue weighted by Gasteiger charge is 2.15. The first-order valence-electron chi connectivity index (χ1n) is 11.8. The number of nitrogens with zero attached hydrogens (tertiary/aromatic N) is 3. The minimum Gasteiger partial charge on any atom is -0.355 e. The third-order valence-corrected chi connectivity index (χ3v) is 7.84. The number of hydrogen-bond acceptors (Lipinski definition) is 6. The zero-order valence-corrected chi connectivity index (χ0v) is 20.6. The monoisotopic (exact) mass is 484 g/mol. The number of likely N-dealkylation sites (tertiary alicyclic amines) is 1. The van der Waals surface area contributed by atoms with Crippen molar-refractivity contribution in [2.45, 2.75) is 50.2 Å². The van der Waals surface area contributed by atoms with Crippen LogP contribution < -0.4 is 10.9 Å². The van der Waals surface area contributed by atoms with Gasteiger partial charge in [0.25, 0.3) is 5.56 Å². The van der Waals surface area contributed by atoms with Crippen molar-refractivity contribution in [3.8, 4) is 0 Å². The molecule has 4 rings (SSSR count). The average molecular weight is 485 g/mol. The Balaban J connectivity index is 1.31. The Bertz CT molecular complexity index is 1090. The van der Waals surface area contributed by atoms with E-state index in [-0.39, 0.29) is 17.2 Å². The van der Waals surface area contributed by atoms with Gasteiger partial charge in [0.1, 0.15) is 4.70 Å². The lowest BCUT2D eigenvalue weighted by atomic mass is 10.1. The van der Waals surface area contributed by atoms with Gasteiger partial charge in [-0.25, -0.2) is 4.98 Å². The molecule has 6 nitrogen and oxygen atoms in total. The van der Waals surface area contributed by atoms with Gasteiger partial charge < -0.3 is 10.2 Å². The molecule has 3 heterocycles. The Labute approximate surface area is 203 Å². The second-order valence-electron chi connectivity index (χ2n) is 8.47. The zero-order valence-electron chi connectivity index (χ0n) is 19.0. The maximum Gasteiger partial charge on any atom is 0.272 e. The van der Waals surface area contributed by atoms with E-state index in [4.69, 9.17) is 4.98 Å². The first-order valence-corrected chi connectivity index (χ1v) is 13.7. The number of amides is 1. The van der Waals surface area contributed by atoms with Gasteiger partial charge in [0, 0.05) is 13.1 Å². The number of aromatic nitrogens is 2. The predicted octanol–water partition coefficient (Wildman–Crippen LogP) is 4.18. The number of fused-ring (bicyclic) bond motifs is 1. The highest BCUT2D eigenvalue weighted by Crippen LogP contribution is 2.21. The van der Waals surface area contributed by atoms with Crippen molar-refractivity contribution >= 4 is 39.2 Å². The molecule has 0 aliphatic carbocycles. The minimum atomic E-state index is -0.0207. The fourth-order valence-electron chi connectivity index (χ4n) is 4.21. The van der Waals surface area contributed by atoms with Crippen molar-refractivity contribution in [3.05, 3.63) is 57.7 Å². The van der Waals surface area contributed by atoms with Crippen molar-refractivity contribution in [1.29, 1.82) is 0 Å². The molecule has 1 N–H and O–H groups in total. The summed E-state index contributed by atoms with van der Waals surface area (Å²) >= 11 is 2.80. The fraction of sp³-hybridized carbons (Fsp3) is 0.480. The summed E-state index contributed by atoms with van der Waals surface area (Å²) in [7, 11) is 0. The number of carbonyl (C=O) groups excluding carboxylic acids is 1. The number of carbonyl (C=O) groups is 1. The van der Waals surface area contributed by atoms with E-state index in [1.165, 1.54) is 47.9 Å². The van der Waals surface area contributed by atoms with Crippen LogP contribution in [0.1, 0.15) is 37.7 Å². The molecule has 1 amide bonds. The van der Waals surface area contributed by atoms with E-state index in [1.54, 1.807) is 4.57 Å². The lowest BCUT2D eigenvalue weighted by Gasteiger charge is -2.26. The molecule has 0 radical (unpaired) electrons. The minimum absolute atomic E-state index is 0.0133. The van der Waals surface area contributed by atoms with Crippen LogP contribution in [0.2, 0.25) is 0 Å². The summed E-state index contributed by atoms with van der Waals surface area (Å²) in [5.41, 5.74) is 2.02. The number of hydrogen-bond donors (Lipinski definition) is 1. The highest BCUT2D eigenvalue weighted by molar-refractivity contribution is 7.99. The third kappa shape index (κ3) is 6.91. The van der Waals surface area contributed by atoms with Gasteiger partial charge in [-0.05, 0) is 68.7 Å². The molecule has 8 heteroatoms. The van der Waals surface area contributed by atoms with Gasteiger partial charge in [-0.1, -0.05) is 48.5 Å². The van der Waals surface area contributed by atoms with Crippen molar-refractivity contribution in [2.75, 3.05) is 31.9 Å². The van der Waals surface area contributed by atoms with E-state index in [9.17, 15) is 9.59 Å². The molecular formula is C25H32N4O2S2. The molecule has 1 aliphatic rings. The van der Waals surface area contributed by atoms with E-state index in [1.807, 2.05) is 29.6 Å². The molecule has 2 aromatic heterocycles. The Morgan fingerprint density at radius 3 is 2.70 bits per heavy atom. The van der Waals surface area contributed by atoms with Crippen LogP contribution in [-0.2, 0) is 17.8 Å². The molecule has 0 saturated carbocycles. The first kappa shape index (κ1) is 24.0. The van der Waals surface area contributed by atoms with E-state index >= 15 is 0 Å². The van der Waals surface area contributed by atoms with Crippen LogP contribution in [-0.4, -0.2) is 52.3 Å². The van der Waals surface area contributed by atoms with E-state index in [2.05, 4.69) is 22.3 Å². The quantitative estimate of drug-likeness (QED) is 0.251. The molecule has 1 aliphatic heterocycles. The Hall–Kier alpha value is -2.16. The Kier molecular flexibility index (Phi) is 8.97. The Morgan fingerprint density at radius 1 is 1.06 bits per heavy atom. The molecule has 3 aromatic rings. The number of piperidine rings is 1. The number of rotatable bonds is 11. The van der Waals surface area contributed by atoms with Gasteiger partial charge in [0.15, 0.2) is 5.16 Å². The summed E-state index contributed by atoms with van der Waals surface area (Å²) in [6, 6.07) is 12.2. The largest absolute Gasteiger partial charge is 0.355 e. The summed E-state index contributed by atoms with van der Waals surface area (Å²) in [4.78, 5) is 32.7. The smallest absolute Gasteiger partial charge is 0.272 e. The molecule has 176 valence electrons. The molecule has 0 atom stereocenters. The van der Waals surface area contributed by atoms with Crippen LogP contribution >= 0.6 is 23.1 Å². The zero-order chi connectivity index (χ0) is 22.9. The lowest BCUT2D eigenvalue weighted by molar-refractivity contribution is -0.118. The lowest BCUT2D eigenvalue weighted by Crippen LogP contribution is -2.32.